The summed E-state index contributed by atoms with van der Waals surface area (Å²) in [5.41, 5.74) is 0.828. The monoisotopic (exact) mass is 239 g/mol. The molecule has 0 aliphatic carbocycles. The highest BCUT2D eigenvalue weighted by atomic mass is 35.5. The Morgan fingerprint density at radius 3 is 2.81 bits per heavy atom. The van der Waals surface area contributed by atoms with E-state index < -0.39 is 6.10 Å². The highest BCUT2D eigenvalue weighted by Gasteiger charge is 2.13. The van der Waals surface area contributed by atoms with E-state index in [9.17, 15) is 0 Å². The van der Waals surface area contributed by atoms with Crippen LogP contribution in [-0.4, -0.2) is 12.7 Å². The summed E-state index contributed by atoms with van der Waals surface area (Å²) in [5.74, 6) is 1.52. The molecule has 4 heteroatoms. The molecule has 0 saturated carbocycles. The Kier molecular flexibility index (Phi) is 4.94. The van der Waals surface area contributed by atoms with Crippen LogP contribution in [-0.2, 0) is 5.88 Å². The van der Waals surface area contributed by atoms with Gasteiger partial charge in [0.1, 0.15) is 6.07 Å². The number of hydrogen-bond acceptors (Lipinski definition) is 3. The van der Waals surface area contributed by atoms with Crippen molar-refractivity contribution in [2.45, 2.75) is 25.8 Å². The van der Waals surface area contributed by atoms with Gasteiger partial charge in [0.05, 0.1) is 12.5 Å². The molecule has 1 aromatic rings. The summed E-state index contributed by atoms with van der Waals surface area (Å²) >= 11 is 5.81. The Bertz CT molecular complexity index is 387. The number of ether oxygens (including phenoxy) is 2. The molecule has 0 saturated heterocycles. The zero-order valence-corrected chi connectivity index (χ0v) is 10.1. The average Bonchev–Trinajstić information content (AvgIpc) is 2.31. The standard InChI is InChI=1S/C12H14ClNO2/c1-3-15-11-6-4-5-10(7-13)12(11)16-9(2)8-14/h4-6,9H,3,7H2,1-2H3. The van der Waals surface area contributed by atoms with Crippen LogP contribution in [0.1, 0.15) is 19.4 Å². The van der Waals surface area contributed by atoms with Crippen LogP contribution >= 0.6 is 11.6 Å². The normalized spacial score (nSPS) is 11.6. The highest BCUT2D eigenvalue weighted by molar-refractivity contribution is 6.17. The number of nitriles is 1. The second kappa shape index (κ2) is 6.24. The summed E-state index contributed by atoms with van der Waals surface area (Å²) in [6, 6.07) is 7.53. The van der Waals surface area contributed by atoms with E-state index in [-0.39, 0.29) is 0 Å². The van der Waals surface area contributed by atoms with Gasteiger partial charge in [-0.1, -0.05) is 12.1 Å². The first-order valence-electron chi connectivity index (χ1n) is 5.09. The van der Waals surface area contributed by atoms with Crippen molar-refractivity contribution in [2.75, 3.05) is 6.61 Å². The number of hydrogen-bond donors (Lipinski definition) is 0. The van der Waals surface area contributed by atoms with E-state index in [1.54, 1.807) is 13.0 Å². The summed E-state index contributed by atoms with van der Waals surface area (Å²) in [4.78, 5) is 0. The van der Waals surface area contributed by atoms with E-state index in [0.717, 1.165) is 5.56 Å². The van der Waals surface area contributed by atoms with Crippen molar-refractivity contribution in [1.82, 2.24) is 0 Å². The van der Waals surface area contributed by atoms with Crippen molar-refractivity contribution < 1.29 is 9.47 Å². The second-order valence-electron chi connectivity index (χ2n) is 3.20. The van der Waals surface area contributed by atoms with Gasteiger partial charge in [0.15, 0.2) is 17.6 Å². The van der Waals surface area contributed by atoms with Crippen molar-refractivity contribution in [1.29, 1.82) is 5.26 Å². The van der Waals surface area contributed by atoms with Gasteiger partial charge in [0, 0.05) is 5.56 Å². The Morgan fingerprint density at radius 2 is 2.25 bits per heavy atom. The lowest BCUT2D eigenvalue weighted by atomic mass is 10.2. The van der Waals surface area contributed by atoms with Gasteiger partial charge >= 0.3 is 0 Å². The maximum absolute atomic E-state index is 8.73. The molecule has 0 aromatic heterocycles. The number of nitrogens with zero attached hydrogens (tertiary/aromatic N) is 1. The Balaban J connectivity index is 3.04. The van der Waals surface area contributed by atoms with Gasteiger partial charge in [0.25, 0.3) is 0 Å². The maximum Gasteiger partial charge on any atom is 0.181 e. The molecule has 0 heterocycles. The molecule has 0 fully saturated rings. The van der Waals surface area contributed by atoms with Crippen LogP contribution in [0.2, 0.25) is 0 Å². The van der Waals surface area contributed by atoms with Crippen molar-refractivity contribution in [2.24, 2.45) is 0 Å². The van der Waals surface area contributed by atoms with E-state index >= 15 is 0 Å². The van der Waals surface area contributed by atoms with Crippen LogP contribution in [0.4, 0.5) is 0 Å². The van der Waals surface area contributed by atoms with Crippen molar-refractivity contribution in [3.8, 4) is 17.6 Å². The third-order valence-corrected chi connectivity index (χ3v) is 2.27. The predicted octanol–water partition coefficient (Wildman–Crippen LogP) is 3.11. The van der Waals surface area contributed by atoms with Gasteiger partial charge in [-0.25, -0.2) is 0 Å². The molecule has 1 rings (SSSR count). The fraction of sp³-hybridized carbons (Fsp3) is 0.417. The molecule has 0 aliphatic rings. The lowest BCUT2D eigenvalue weighted by Gasteiger charge is -2.15. The second-order valence-corrected chi connectivity index (χ2v) is 3.47. The molecule has 0 bridgehead atoms. The number of alkyl halides is 1. The molecule has 16 heavy (non-hydrogen) atoms. The average molecular weight is 240 g/mol. The molecule has 86 valence electrons. The first kappa shape index (κ1) is 12.7. The van der Waals surface area contributed by atoms with E-state index in [2.05, 4.69) is 0 Å². The van der Waals surface area contributed by atoms with Crippen LogP contribution in [0.3, 0.4) is 0 Å². The SMILES string of the molecule is CCOc1cccc(CCl)c1OC(C)C#N. The predicted molar refractivity (Wildman–Crippen MR) is 62.9 cm³/mol. The molecule has 1 atom stereocenters. The zero-order chi connectivity index (χ0) is 12.0. The van der Waals surface area contributed by atoms with Crippen LogP contribution in [0, 0.1) is 11.3 Å². The minimum atomic E-state index is -0.524. The number of para-hydroxylation sites is 1. The molecule has 1 aromatic carbocycles. The molecule has 0 spiro atoms. The topological polar surface area (TPSA) is 42.2 Å². The van der Waals surface area contributed by atoms with Gasteiger partial charge < -0.3 is 9.47 Å². The van der Waals surface area contributed by atoms with Crippen LogP contribution in [0.25, 0.3) is 0 Å². The van der Waals surface area contributed by atoms with Gasteiger partial charge in [-0.15, -0.1) is 11.6 Å². The Morgan fingerprint density at radius 1 is 1.50 bits per heavy atom. The highest BCUT2D eigenvalue weighted by Crippen LogP contribution is 2.33. The molecule has 0 amide bonds. The number of benzene rings is 1. The van der Waals surface area contributed by atoms with E-state index in [4.69, 9.17) is 26.3 Å². The minimum Gasteiger partial charge on any atom is -0.490 e. The number of halogens is 1. The largest absolute Gasteiger partial charge is 0.490 e. The molecule has 3 nitrogen and oxygen atoms in total. The Hall–Kier alpha value is -1.40. The van der Waals surface area contributed by atoms with Gasteiger partial charge in [-0.05, 0) is 19.9 Å². The summed E-state index contributed by atoms with van der Waals surface area (Å²) < 4.78 is 10.9. The van der Waals surface area contributed by atoms with Gasteiger partial charge in [0.2, 0.25) is 0 Å². The summed E-state index contributed by atoms with van der Waals surface area (Å²) in [6.45, 7) is 4.12. The quantitative estimate of drug-likeness (QED) is 0.742. The molecular formula is C12H14ClNO2. The lowest BCUT2D eigenvalue weighted by molar-refractivity contribution is 0.248. The molecular weight excluding hydrogens is 226 g/mol. The van der Waals surface area contributed by atoms with Crippen LogP contribution < -0.4 is 9.47 Å². The fourth-order valence-electron chi connectivity index (χ4n) is 1.27. The van der Waals surface area contributed by atoms with Crippen molar-refractivity contribution >= 4 is 11.6 Å². The fourth-order valence-corrected chi connectivity index (χ4v) is 1.48. The van der Waals surface area contributed by atoms with E-state index in [1.807, 2.05) is 25.1 Å². The summed E-state index contributed by atoms with van der Waals surface area (Å²) in [5, 5.41) is 8.73. The molecule has 1 unspecified atom stereocenters. The Labute approximate surface area is 101 Å². The van der Waals surface area contributed by atoms with E-state index in [0.29, 0.717) is 24.0 Å². The first-order chi connectivity index (χ1) is 7.72. The van der Waals surface area contributed by atoms with Crippen LogP contribution in [0.5, 0.6) is 11.5 Å². The van der Waals surface area contributed by atoms with Crippen LogP contribution in [0.15, 0.2) is 18.2 Å². The van der Waals surface area contributed by atoms with E-state index in [1.165, 1.54) is 0 Å². The maximum atomic E-state index is 8.73. The third-order valence-electron chi connectivity index (χ3n) is 1.98. The smallest absolute Gasteiger partial charge is 0.181 e. The molecule has 0 radical (unpaired) electrons. The lowest BCUT2D eigenvalue weighted by Crippen LogP contribution is -2.11. The first-order valence-corrected chi connectivity index (χ1v) is 5.63. The third kappa shape index (κ3) is 3.04. The molecule has 0 aliphatic heterocycles. The van der Waals surface area contributed by atoms with Gasteiger partial charge in [-0.3, -0.25) is 0 Å². The summed E-state index contributed by atoms with van der Waals surface area (Å²) in [6.07, 6.45) is -0.524. The van der Waals surface area contributed by atoms with Crippen molar-refractivity contribution in [3.63, 3.8) is 0 Å². The van der Waals surface area contributed by atoms with Crippen molar-refractivity contribution in [3.05, 3.63) is 23.8 Å². The number of rotatable bonds is 5. The molecule has 0 N–H and O–H groups in total. The van der Waals surface area contributed by atoms with Gasteiger partial charge in [-0.2, -0.15) is 5.26 Å². The minimum absolute atomic E-state index is 0.328. The summed E-state index contributed by atoms with van der Waals surface area (Å²) in [7, 11) is 0. The zero-order valence-electron chi connectivity index (χ0n) is 9.37.